The standard InChI is InChI=1S/C25H24N2O/c28-22(17-26-16-15-21-9-1-4-10-23(21)26)18-27-24-11-5-2-7-19(24)13-14-20-8-3-6-12-25(20)27/h1-12,15-16,22,28H,13-14,17-18H2. The lowest BCUT2D eigenvalue weighted by atomic mass is 10.0. The lowest BCUT2D eigenvalue weighted by molar-refractivity contribution is 0.163. The van der Waals surface area contributed by atoms with Gasteiger partial charge in [0.25, 0.3) is 0 Å². The summed E-state index contributed by atoms with van der Waals surface area (Å²) < 4.78 is 2.15. The molecule has 0 fully saturated rings. The minimum absolute atomic E-state index is 0.477. The molecule has 1 N–H and O–H groups in total. The van der Waals surface area contributed by atoms with Gasteiger partial charge in [-0.3, -0.25) is 0 Å². The van der Waals surface area contributed by atoms with Crippen molar-refractivity contribution in [3.63, 3.8) is 0 Å². The molecule has 1 unspecified atom stereocenters. The molecule has 4 aromatic rings. The van der Waals surface area contributed by atoms with Gasteiger partial charge in [0, 0.05) is 23.1 Å². The van der Waals surface area contributed by atoms with E-state index in [2.05, 4.69) is 82.4 Å². The van der Waals surface area contributed by atoms with Crippen LogP contribution in [0.5, 0.6) is 0 Å². The van der Waals surface area contributed by atoms with E-state index in [1.165, 1.54) is 33.4 Å². The number of aliphatic hydroxyl groups excluding tert-OH is 1. The molecular weight excluding hydrogens is 344 g/mol. The average molecular weight is 368 g/mol. The molecule has 0 bridgehead atoms. The number of aryl methyl sites for hydroxylation is 2. The molecule has 3 nitrogen and oxygen atoms in total. The fourth-order valence-electron chi connectivity index (χ4n) is 4.36. The first kappa shape index (κ1) is 17.1. The molecule has 0 saturated carbocycles. The maximum atomic E-state index is 11.0. The number of benzene rings is 3. The fourth-order valence-corrected chi connectivity index (χ4v) is 4.36. The molecule has 1 atom stereocenters. The molecule has 28 heavy (non-hydrogen) atoms. The van der Waals surface area contributed by atoms with Gasteiger partial charge in [-0.1, -0.05) is 54.6 Å². The predicted octanol–water partition coefficient (Wildman–Crippen LogP) is 4.94. The van der Waals surface area contributed by atoms with Crippen LogP contribution in [-0.2, 0) is 19.4 Å². The third-order valence-electron chi connectivity index (χ3n) is 5.71. The van der Waals surface area contributed by atoms with E-state index in [4.69, 9.17) is 0 Å². The summed E-state index contributed by atoms with van der Waals surface area (Å²) in [5.41, 5.74) is 6.28. The Morgan fingerprint density at radius 3 is 2.04 bits per heavy atom. The molecular formula is C25H24N2O. The molecule has 0 spiro atoms. The quantitative estimate of drug-likeness (QED) is 0.553. The lowest BCUT2D eigenvalue weighted by Gasteiger charge is -2.29. The topological polar surface area (TPSA) is 28.4 Å². The number of anilines is 2. The summed E-state index contributed by atoms with van der Waals surface area (Å²) in [5.74, 6) is 0. The van der Waals surface area contributed by atoms with Gasteiger partial charge in [-0.15, -0.1) is 0 Å². The van der Waals surface area contributed by atoms with Crippen LogP contribution in [0.25, 0.3) is 10.9 Å². The Hall–Kier alpha value is -3.04. The van der Waals surface area contributed by atoms with Crippen LogP contribution < -0.4 is 4.90 Å². The minimum atomic E-state index is -0.477. The Morgan fingerprint density at radius 2 is 1.32 bits per heavy atom. The second kappa shape index (κ2) is 7.17. The minimum Gasteiger partial charge on any atom is -0.389 e. The summed E-state index contributed by atoms with van der Waals surface area (Å²) >= 11 is 0. The molecule has 0 amide bonds. The highest BCUT2D eigenvalue weighted by Crippen LogP contribution is 2.36. The van der Waals surface area contributed by atoms with Gasteiger partial charge < -0.3 is 14.6 Å². The fraction of sp³-hybridized carbons (Fsp3) is 0.200. The van der Waals surface area contributed by atoms with Gasteiger partial charge in [0.05, 0.1) is 19.2 Å². The molecule has 3 heteroatoms. The van der Waals surface area contributed by atoms with Crippen molar-refractivity contribution in [1.29, 1.82) is 0 Å². The third kappa shape index (κ3) is 3.08. The van der Waals surface area contributed by atoms with Gasteiger partial charge in [-0.2, -0.15) is 0 Å². The van der Waals surface area contributed by atoms with Crippen molar-refractivity contribution in [3.05, 3.63) is 96.2 Å². The number of hydrogen-bond acceptors (Lipinski definition) is 2. The van der Waals surface area contributed by atoms with Crippen molar-refractivity contribution >= 4 is 22.3 Å². The number of rotatable bonds is 4. The van der Waals surface area contributed by atoms with Crippen LogP contribution in [-0.4, -0.2) is 22.3 Å². The van der Waals surface area contributed by atoms with E-state index in [1.807, 2.05) is 12.1 Å². The summed E-state index contributed by atoms with van der Waals surface area (Å²) in [5, 5.41) is 12.2. The molecule has 0 saturated heterocycles. The number of nitrogens with zero attached hydrogens (tertiary/aromatic N) is 2. The third-order valence-corrected chi connectivity index (χ3v) is 5.71. The van der Waals surface area contributed by atoms with E-state index in [1.54, 1.807) is 0 Å². The highest BCUT2D eigenvalue weighted by molar-refractivity contribution is 5.80. The monoisotopic (exact) mass is 368 g/mol. The Kier molecular flexibility index (Phi) is 4.38. The van der Waals surface area contributed by atoms with Crippen molar-refractivity contribution < 1.29 is 5.11 Å². The van der Waals surface area contributed by atoms with Crippen LogP contribution in [0.1, 0.15) is 11.1 Å². The van der Waals surface area contributed by atoms with Crippen molar-refractivity contribution in [3.8, 4) is 0 Å². The van der Waals surface area contributed by atoms with Gasteiger partial charge in [-0.25, -0.2) is 0 Å². The first-order valence-corrected chi connectivity index (χ1v) is 9.95. The number of aliphatic hydroxyl groups is 1. The lowest BCUT2D eigenvalue weighted by Crippen LogP contribution is -2.32. The normalized spacial score (nSPS) is 14.4. The van der Waals surface area contributed by atoms with Gasteiger partial charge in [0.15, 0.2) is 0 Å². The second-order valence-electron chi connectivity index (χ2n) is 7.55. The van der Waals surface area contributed by atoms with Crippen molar-refractivity contribution in [2.45, 2.75) is 25.5 Å². The van der Waals surface area contributed by atoms with Gasteiger partial charge >= 0.3 is 0 Å². The average Bonchev–Trinajstić information content (AvgIpc) is 3.06. The van der Waals surface area contributed by atoms with Gasteiger partial charge in [0.1, 0.15) is 0 Å². The van der Waals surface area contributed by atoms with E-state index in [0.717, 1.165) is 12.8 Å². The molecule has 1 aliphatic rings. The zero-order valence-corrected chi connectivity index (χ0v) is 15.8. The molecule has 0 aliphatic carbocycles. The Balaban J connectivity index is 1.47. The maximum absolute atomic E-state index is 11.0. The Morgan fingerprint density at radius 1 is 0.714 bits per heavy atom. The highest BCUT2D eigenvalue weighted by Gasteiger charge is 2.22. The van der Waals surface area contributed by atoms with Crippen LogP contribution in [0.4, 0.5) is 11.4 Å². The second-order valence-corrected chi connectivity index (χ2v) is 7.55. The number of aromatic nitrogens is 1. The van der Waals surface area contributed by atoms with E-state index in [-0.39, 0.29) is 0 Å². The van der Waals surface area contributed by atoms with Gasteiger partial charge in [-0.05, 0) is 53.6 Å². The van der Waals surface area contributed by atoms with Gasteiger partial charge in [0.2, 0.25) is 0 Å². The molecule has 3 aromatic carbocycles. The van der Waals surface area contributed by atoms with Crippen LogP contribution in [0.2, 0.25) is 0 Å². The van der Waals surface area contributed by atoms with Crippen LogP contribution in [0.3, 0.4) is 0 Å². The molecule has 1 aromatic heterocycles. The predicted molar refractivity (Wildman–Crippen MR) is 115 cm³/mol. The molecule has 1 aliphatic heterocycles. The molecule has 140 valence electrons. The Labute approximate surface area is 165 Å². The molecule has 5 rings (SSSR count). The summed E-state index contributed by atoms with van der Waals surface area (Å²) in [7, 11) is 0. The van der Waals surface area contributed by atoms with Crippen LogP contribution in [0.15, 0.2) is 85.1 Å². The van der Waals surface area contributed by atoms with E-state index in [9.17, 15) is 5.11 Å². The largest absolute Gasteiger partial charge is 0.389 e. The summed E-state index contributed by atoms with van der Waals surface area (Å²) in [4.78, 5) is 2.30. The summed E-state index contributed by atoms with van der Waals surface area (Å²) in [6, 6.07) is 27.6. The summed E-state index contributed by atoms with van der Waals surface area (Å²) in [6.45, 7) is 1.15. The molecule has 2 heterocycles. The number of hydrogen-bond donors (Lipinski definition) is 1. The molecule has 0 radical (unpaired) electrons. The van der Waals surface area contributed by atoms with E-state index in [0.29, 0.717) is 13.1 Å². The summed E-state index contributed by atoms with van der Waals surface area (Å²) in [6.07, 6.45) is 3.65. The zero-order chi connectivity index (χ0) is 18.9. The number of para-hydroxylation sites is 3. The number of fused-ring (bicyclic) bond motifs is 3. The number of β-amino-alcohol motifs (C(OH)–C–C–N with tert-alkyl or cyclic N) is 1. The highest BCUT2D eigenvalue weighted by atomic mass is 16.3. The van der Waals surface area contributed by atoms with E-state index < -0.39 is 6.10 Å². The van der Waals surface area contributed by atoms with Crippen molar-refractivity contribution in [1.82, 2.24) is 4.57 Å². The van der Waals surface area contributed by atoms with Crippen molar-refractivity contribution in [2.24, 2.45) is 0 Å². The maximum Gasteiger partial charge on any atom is 0.0897 e. The van der Waals surface area contributed by atoms with E-state index >= 15 is 0 Å². The van der Waals surface area contributed by atoms with Crippen LogP contribution in [0, 0.1) is 0 Å². The Bertz CT molecular complexity index is 1070. The zero-order valence-electron chi connectivity index (χ0n) is 15.8. The van der Waals surface area contributed by atoms with Crippen LogP contribution >= 0.6 is 0 Å². The first-order chi connectivity index (χ1) is 13.8. The SMILES string of the molecule is OC(CN1c2ccccc2CCc2ccccc21)Cn1ccc2ccccc21. The smallest absolute Gasteiger partial charge is 0.0897 e. The first-order valence-electron chi connectivity index (χ1n) is 9.95. The van der Waals surface area contributed by atoms with Crippen molar-refractivity contribution in [2.75, 3.05) is 11.4 Å².